The molecule has 6 nitrogen and oxygen atoms in total. The molecule has 2 atom stereocenters. The van der Waals surface area contributed by atoms with Crippen molar-refractivity contribution in [1.82, 2.24) is 15.1 Å². The van der Waals surface area contributed by atoms with Gasteiger partial charge in [0.2, 0.25) is 0 Å². The minimum atomic E-state index is -0.962. The lowest BCUT2D eigenvalue weighted by atomic mass is 10.1. The third-order valence-corrected chi connectivity index (χ3v) is 3.71. The standard InChI is InChI=1S/C13H25N3O3/c1-4-6-11(12(17)18)14-13(19)16-8-7-15(3)10(5-2)9-16/h10-11H,4-9H2,1-3H3,(H,14,19)(H,17,18). The number of amides is 2. The lowest BCUT2D eigenvalue weighted by Gasteiger charge is -2.39. The van der Waals surface area contributed by atoms with Crippen molar-refractivity contribution in [2.24, 2.45) is 0 Å². The minimum absolute atomic E-state index is 0.257. The zero-order valence-electron chi connectivity index (χ0n) is 12.1. The van der Waals surface area contributed by atoms with Gasteiger partial charge in [-0.15, -0.1) is 0 Å². The Bertz CT molecular complexity index is 322. The molecule has 19 heavy (non-hydrogen) atoms. The number of hydrogen-bond donors (Lipinski definition) is 2. The molecular weight excluding hydrogens is 246 g/mol. The zero-order valence-corrected chi connectivity index (χ0v) is 12.1. The summed E-state index contributed by atoms with van der Waals surface area (Å²) in [6.07, 6.45) is 2.18. The molecule has 1 heterocycles. The van der Waals surface area contributed by atoms with E-state index in [0.29, 0.717) is 25.6 Å². The Morgan fingerprint density at radius 1 is 1.37 bits per heavy atom. The van der Waals surface area contributed by atoms with Gasteiger partial charge >= 0.3 is 12.0 Å². The van der Waals surface area contributed by atoms with Crippen LogP contribution in [0.5, 0.6) is 0 Å². The van der Waals surface area contributed by atoms with E-state index in [-0.39, 0.29) is 6.03 Å². The molecule has 1 aliphatic heterocycles. The molecule has 0 aromatic rings. The van der Waals surface area contributed by atoms with Crippen LogP contribution in [0.1, 0.15) is 33.1 Å². The highest BCUT2D eigenvalue weighted by molar-refractivity contribution is 5.82. The summed E-state index contributed by atoms with van der Waals surface area (Å²) >= 11 is 0. The lowest BCUT2D eigenvalue weighted by Crippen LogP contribution is -2.57. The van der Waals surface area contributed by atoms with Crippen molar-refractivity contribution >= 4 is 12.0 Å². The normalized spacial score (nSPS) is 22.1. The second-order valence-electron chi connectivity index (χ2n) is 5.12. The zero-order chi connectivity index (χ0) is 14.4. The molecule has 0 aromatic heterocycles. The number of nitrogens with one attached hydrogen (secondary N) is 1. The molecule has 1 rings (SSSR count). The molecule has 0 spiro atoms. The number of piperazine rings is 1. The highest BCUT2D eigenvalue weighted by Crippen LogP contribution is 2.11. The fourth-order valence-electron chi connectivity index (χ4n) is 2.36. The largest absolute Gasteiger partial charge is 0.480 e. The molecule has 2 N–H and O–H groups in total. The molecule has 1 fully saturated rings. The van der Waals surface area contributed by atoms with Crippen molar-refractivity contribution in [3.63, 3.8) is 0 Å². The van der Waals surface area contributed by atoms with Crippen LogP contribution in [0.15, 0.2) is 0 Å². The highest BCUT2D eigenvalue weighted by Gasteiger charge is 2.28. The molecule has 6 heteroatoms. The van der Waals surface area contributed by atoms with Crippen molar-refractivity contribution in [2.75, 3.05) is 26.7 Å². The second-order valence-corrected chi connectivity index (χ2v) is 5.12. The number of carbonyl (C=O) groups is 2. The number of hydrogen-bond acceptors (Lipinski definition) is 3. The van der Waals surface area contributed by atoms with Gasteiger partial charge in [-0.3, -0.25) is 4.90 Å². The Hall–Kier alpha value is -1.30. The number of carboxylic acid groups (broad SMARTS) is 1. The summed E-state index contributed by atoms with van der Waals surface area (Å²) in [5.41, 5.74) is 0. The summed E-state index contributed by atoms with van der Waals surface area (Å²) in [7, 11) is 2.06. The van der Waals surface area contributed by atoms with Gasteiger partial charge in [-0.1, -0.05) is 20.3 Å². The van der Waals surface area contributed by atoms with E-state index < -0.39 is 12.0 Å². The molecule has 2 amide bonds. The van der Waals surface area contributed by atoms with E-state index in [1.54, 1.807) is 4.90 Å². The summed E-state index contributed by atoms with van der Waals surface area (Å²) < 4.78 is 0. The van der Waals surface area contributed by atoms with E-state index in [1.165, 1.54) is 0 Å². The Kier molecular flexibility index (Phi) is 6.08. The summed E-state index contributed by atoms with van der Waals surface area (Å²) in [5.74, 6) is -0.962. The van der Waals surface area contributed by atoms with Crippen LogP contribution in [0.2, 0.25) is 0 Å². The monoisotopic (exact) mass is 271 g/mol. The van der Waals surface area contributed by atoms with Crippen LogP contribution in [0, 0.1) is 0 Å². The summed E-state index contributed by atoms with van der Waals surface area (Å²) in [4.78, 5) is 27.1. The smallest absolute Gasteiger partial charge is 0.326 e. The van der Waals surface area contributed by atoms with Crippen LogP contribution in [-0.2, 0) is 4.79 Å². The van der Waals surface area contributed by atoms with Gasteiger partial charge in [0.05, 0.1) is 0 Å². The molecule has 1 saturated heterocycles. The number of carbonyl (C=O) groups excluding carboxylic acids is 1. The van der Waals surface area contributed by atoms with Gasteiger partial charge in [0.1, 0.15) is 6.04 Å². The topological polar surface area (TPSA) is 72.9 Å². The maximum absolute atomic E-state index is 12.1. The van der Waals surface area contributed by atoms with Crippen LogP contribution >= 0.6 is 0 Å². The second kappa shape index (κ2) is 7.33. The molecule has 0 aliphatic carbocycles. The summed E-state index contributed by atoms with van der Waals surface area (Å²) in [5, 5.41) is 11.7. The Balaban J connectivity index is 2.55. The van der Waals surface area contributed by atoms with E-state index in [1.807, 2.05) is 6.92 Å². The first-order chi connectivity index (χ1) is 8.99. The van der Waals surface area contributed by atoms with Gasteiger partial charge in [-0.25, -0.2) is 9.59 Å². The minimum Gasteiger partial charge on any atom is -0.480 e. The summed E-state index contributed by atoms with van der Waals surface area (Å²) in [6.45, 7) is 6.15. The van der Waals surface area contributed by atoms with Crippen LogP contribution in [0.4, 0.5) is 4.79 Å². The molecule has 0 saturated carbocycles. The Morgan fingerprint density at radius 3 is 2.58 bits per heavy atom. The molecule has 0 radical (unpaired) electrons. The van der Waals surface area contributed by atoms with Crippen molar-refractivity contribution < 1.29 is 14.7 Å². The van der Waals surface area contributed by atoms with Crippen LogP contribution in [0.3, 0.4) is 0 Å². The van der Waals surface area contributed by atoms with Crippen LogP contribution < -0.4 is 5.32 Å². The Labute approximate surface area is 114 Å². The van der Waals surface area contributed by atoms with E-state index in [0.717, 1.165) is 19.4 Å². The summed E-state index contributed by atoms with van der Waals surface area (Å²) in [6, 6.07) is -0.682. The van der Waals surface area contributed by atoms with Gasteiger partial charge in [-0.05, 0) is 19.9 Å². The molecule has 0 aromatic carbocycles. The number of aliphatic carboxylic acids is 1. The average molecular weight is 271 g/mol. The quantitative estimate of drug-likeness (QED) is 0.781. The van der Waals surface area contributed by atoms with E-state index in [2.05, 4.69) is 24.2 Å². The molecule has 110 valence electrons. The third-order valence-electron chi connectivity index (χ3n) is 3.71. The number of urea groups is 1. The maximum atomic E-state index is 12.1. The van der Waals surface area contributed by atoms with E-state index >= 15 is 0 Å². The third kappa shape index (κ3) is 4.38. The molecule has 0 bridgehead atoms. The van der Waals surface area contributed by atoms with E-state index in [4.69, 9.17) is 5.11 Å². The SMILES string of the molecule is CCCC(NC(=O)N1CCN(C)C(CC)C1)C(=O)O. The predicted molar refractivity (Wildman–Crippen MR) is 73.1 cm³/mol. The lowest BCUT2D eigenvalue weighted by molar-refractivity contribution is -0.139. The van der Waals surface area contributed by atoms with Crippen LogP contribution in [0.25, 0.3) is 0 Å². The number of rotatable bonds is 5. The maximum Gasteiger partial charge on any atom is 0.326 e. The molecule has 1 aliphatic rings. The van der Waals surface area contributed by atoms with Gasteiger partial charge in [-0.2, -0.15) is 0 Å². The van der Waals surface area contributed by atoms with Crippen molar-refractivity contribution in [3.8, 4) is 0 Å². The number of nitrogens with zero attached hydrogens (tertiary/aromatic N) is 2. The highest BCUT2D eigenvalue weighted by atomic mass is 16.4. The van der Waals surface area contributed by atoms with Gasteiger partial charge in [0.15, 0.2) is 0 Å². The average Bonchev–Trinajstić information content (AvgIpc) is 2.38. The fraction of sp³-hybridized carbons (Fsp3) is 0.846. The number of carboxylic acids is 1. The first-order valence-electron chi connectivity index (χ1n) is 6.98. The van der Waals surface area contributed by atoms with E-state index in [9.17, 15) is 9.59 Å². The van der Waals surface area contributed by atoms with Gasteiger partial charge < -0.3 is 15.3 Å². The fourth-order valence-corrected chi connectivity index (χ4v) is 2.36. The molecular formula is C13H25N3O3. The molecule has 2 unspecified atom stereocenters. The first kappa shape index (κ1) is 15.8. The van der Waals surface area contributed by atoms with Crippen molar-refractivity contribution in [3.05, 3.63) is 0 Å². The van der Waals surface area contributed by atoms with Gasteiger partial charge in [0, 0.05) is 25.7 Å². The predicted octanol–water partition coefficient (Wildman–Crippen LogP) is 0.975. The van der Waals surface area contributed by atoms with Crippen molar-refractivity contribution in [2.45, 2.75) is 45.2 Å². The Morgan fingerprint density at radius 2 is 2.05 bits per heavy atom. The number of likely N-dealkylation sites (N-methyl/N-ethyl adjacent to an activating group) is 1. The first-order valence-corrected chi connectivity index (χ1v) is 6.98. The van der Waals surface area contributed by atoms with Gasteiger partial charge in [0.25, 0.3) is 0 Å². The van der Waals surface area contributed by atoms with Crippen LogP contribution in [-0.4, -0.2) is 65.7 Å². The van der Waals surface area contributed by atoms with Crippen molar-refractivity contribution in [1.29, 1.82) is 0 Å².